The van der Waals surface area contributed by atoms with E-state index in [1.807, 2.05) is 4.72 Å². The molecule has 0 saturated carbocycles. The lowest BCUT2D eigenvalue weighted by Crippen LogP contribution is -2.37. The van der Waals surface area contributed by atoms with Crippen molar-refractivity contribution in [1.29, 1.82) is 0 Å². The lowest BCUT2D eigenvalue weighted by molar-refractivity contribution is -0.121. The number of furan rings is 1. The first kappa shape index (κ1) is 20.3. The number of benzene rings is 1. The number of sulfonamides is 1. The Morgan fingerprint density at radius 3 is 2.59 bits per heavy atom. The molecule has 1 heterocycles. The van der Waals surface area contributed by atoms with Crippen LogP contribution in [-0.4, -0.2) is 34.5 Å². The molecule has 0 saturated heterocycles. The van der Waals surface area contributed by atoms with Gasteiger partial charge < -0.3 is 19.8 Å². The largest absolute Gasteiger partial charge is 0.495 e. The number of urea groups is 1. The van der Waals surface area contributed by atoms with Gasteiger partial charge in [0.2, 0.25) is 5.91 Å². The molecule has 0 radical (unpaired) electrons. The zero-order valence-electron chi connectivity index (χ0n) is 15.1. The van der Waals surface area contributed by atoms with E-state index in [1.54, 1.807) is 25.1 Å². The van der Waals surface area contributed by atoms with Crippen LogP contribution in [0.5, 0.6) is 5.75 Å². The Morgan fingerprint density at radius 1 is 1.26 bits per heavy atom. The van der Waals surface area contributed by atoms with E-state index >= 15 is 0 Å². The minimum atomic E-state index is -4.16. The summed E-state index contributed by atoms with van der Waals surface area (Å²) < 4.78 is 36.9. The molecule has 3 amide bonds. The van der Waals surface area contributed by atoms with Gasteiger partial charge in [0, 0.05) is 7.05 Å². The highest BCUT2D eigenvalue weighted by molar-refractivity contribution is 7.90. The molecule has 146 valence electrons. The standard InChI is InChI=1S/C17H21N3O6S/c1-11(13-5-4-8-26-13)19-16(21)10-12-6-7-14(25-3)15(9-12)27(23,24)20-17(22)18-2/h4-9,11H,10H2,1-3H3,(H,19,21)(H2,18,20,22). The fraction of sp³-hybridized carbons (Fsp3) is 0.294. The average Bonchev–Trinajstić information content (AvgIpc) is 3.16. The summed E-state index contributed by atoms with van der Waals surface area (Å²) in [7, 11) is -1.56. The van der Waals surface area contributed by atoms with Crippen molar-refractivity contribution in [2.75, 3.05) is 14.2 Å². The molecule has 0 spiro atoms. The molecule has 0 aliphatic heterocycles. The average molecular weight is 395 g/mol. The quantitative estimate of drug-likeness (QED) is 0.649. The monoisotopic (exact) mass is 395 g/mol. The summed E-state index contributed by atoms with van der Waals surface area (Å²) in [4.78, 5) is 23.4. The van der Waals surface area contributed by atoms with Crippen LogP contribution in [0.25, 0.3) is 0 Å². The van der Waals surface area contributed by atoms with Crippen LogP contribution < -0.4 is 20.1 Å². The highest BCUT2D eigenvalue weighted by Crippen LogP contribution is 2.25. The van der Waals surface area contributed by atoms with Crippen molar-refractivity contribution in [3.8, 4) is 5.75 Å². The van der Waals surface area contributed by atoms with E-state index in [4.69, 9.17) is 9.15 Å². The Kier molecular flexibility index (Phi) is 6.45. The maximum Gasteiger partial charge on any atom is 0.328 e. The highest BCUT2D eigenvalue weighted by atomic mass is 32.2. The van der Waals surface area contributed by atoms with Crippen LogP contribution in [-0.2, 0) is 21.2 Å². The van der Waals surface area contributed by atoms with Crippen LogP contribution in [0.15, 0.2) is 45.9 Å². The second-order valence-corrected chi connectivity index (χ2v) is 7.30. The van der Waals surface area contributed by atoms with E-state index in [-0.39, 0.29) is 29.0 Å². The Morgan fingerprint density at radius 2 is 2.00 bits per heavy atom. The van der Waals surface area contributed by atoms with Crippen LogP contribution in [0.4, 0.5) is 4.79 Å². The third-order valence-electron chi connectivity index (χ3n) is 3.68. The molecular weight excluding hydrogens is 374 g/mol. The molecule has 27 heavy (non-hydrogen) atoms. The van der Waals surface area contributed by atoms with Crippen molar-refractivity contribution in [3.05, 3.63) is 47.9 Å². The van der Waals surface area contributed by atoms with Gasteiger partial charge in [-0.05, 0) is 36.8 Å². The van der Waals surface area contributed by atoms with Crippen molar-refractivity contribution in [3.63, 3.8) is 0 Å². The first-order chi connectivity index (χ1) is 12.8. The number of nitrogens with one attached hydrogen (secondary N) is 3. The summed E-state index contributed by atoms with van der Waals surface area (Å²) in [5, 5.41) is 4.93. The Balaban J connectivity index is 2.18. The van der Waals surface area contributed by atoms with Crippen molar-refractivity contribution in [2.24, 2.45) is 0 Å². The maximum absolute atomic E-state index is 12.4. The van der Waals surface area contributed by atoms with E-state index < -0.39 is 16.1 Å². The third-order valence-corrected chi connectivity index (χ3v) is 5.04. The Hall–Kier alpha value is -3.01. The molecule has 1 unspecified atom stereocenters. The lowest BCUT2D eigenvalue weighted by atomic mass is 10.1. The second kappa shape index (κ2) is 8.58. The van der Waals surface area contributed by atoms with E-state index in [0.29, 0.717) is 11.3 Å². The van der Waals surface area contributed by atoms with E-state index in [0.717, 1.165) is 0 Å². The Labute approximate surface area is 157 Å². The third kappa shape index (κ3) is 5.23. The van der Waals surface area contributed by atoms with Gasteiger partial charge in [-0.15, -0.1) is 0 Å². The first-order valence-corrected chi connectivity index (χ1v) is 9.49. The summed E-state index contributed by atoms with van der Waals surface area (Å²) in [5.41, 5.74) is 0.442. The van der Waals surface area contributed by atoms with Gasteiger partial charge in [0.15, 0.2) is 0 Å². The van der Waals surface area contributed by atoms with Gasteiger partial charge >= 0.3 is 6.03 Å². The number of methoxy groups -OCH3 is 1. The number of carbonyl (C=O) groups is 2. The van der Waals surface area contributed by atoms with Crippen LogP contribution >= 0.6 is 0 Å². The van der Waals surface area contributed by atoms with Gasteiger partial charge in [0.25, 0.3) is 10.0 Å². The van der Waals surface area contributed by atoms with Crippen molar-refractivity contribution < 1.29 is 27.2 Å². The topological polar surface area (TPSA) is 127 Å². The minimum absolute atomic E-state index is 0.0551. The molecule has 1 atom stereocenters. The molecule has 0 aliphatic carbocycles. The lowest BCUT2D eigenvalue weighted by Gasteiger charge is -2.14. The molecule has 0 bridgehead atoms. The zero-order valence-corrected chi connectivity index (χ0v) is 15.9. The molecule has 2 aromatic rings. The molecule has 0 fully saturated rings. The highest BCUT2D eigenvalue weighted by Gasteiger charge is 2.23. The van der Waals surface area contributed by atoms with Gasteiger partial charge in [-0.2, -0.15) is 0 Å². The minimum Gasteiger partial charge on any atom is -0.495 e. The molecule has 3 N–H and O–H groups in total. The molecule has 0 aliphatic rings. The predicted octanol–water partition coefficient (Wildman–Crippen LogP) is 1.33. The van der Waals surface area contributed by atoms with Crippen LogP contribution in [0.1, 0.15) is 24.3 Å². The van der Waals surface area contributed by atoms with E-state index in [1.165, 1.54) is 32.6 Å². The molecule has 1 aromatic heterocycles. The van der Waals surface area contributed by atoms with Crippen molar-refractivity contribution >= 4 is 22.0 Å². The maximum atomic E-state index is 12.4. The molecule has 10 heteroatoms. The number of hydrogen-bond acceptors (Lipinski definition) is 6. The predicted molar refractivity (Wildman–Crippen MR) is 96.7 cm³/mol. The van der Waals surface area contributed by atoms with Crippen LogP contribution in [0.3, 0.4) is 0 Å². The van der Waals surface area contributed by atoms with Gasteiger partial charge in [-0.1, -0.05) is 6.07 Å². The summed E-state index contributed by atoms with van der Waals surface area (Å²) >= 11 is 0. The molecule has 1 aromatic carbocycles. The Bertz CT molecular complexity index is 909. The van der Waals surface area contributed by atoms with Gasteiger partial charge in [-0.25, -0.2) is 17.9 Å². The first-order valence-electron chi connectivity index (χ1n) is 8.01. The van der Waals surface area contributed by atoms with Crippen molar-refractivity contribution in [1.82, 2.24) is 15.4 Å². The summed E-state index contributed by atoms with van der Waals surface area (Å²) in [6, 6.07) is 6.55. The molecular formula is C17H21N3O6S. The fourth-order valence-electron chi connectivity index (χ4n) is 2.36. The second-order valence-electron chi connectivity index (χ2n) is 5.65. The zero-order chi connectivity index (χ0) is 20.0. The van der Waals surface area contributed by atoms with Crippen LogP contribution in [0.2, 0.25) is 0 Å². The fourth-order valence-corrected chi connectivity index (χ4v) is 3.53. The van der Waals surface area contributed by atoms with Gasteiger partial charge in [0.05, 0.1) is 25.8 Å². The summed E-state index contributed by atoms with van der Waals surface area (Å²) in [5.74, 6) is 0.349. The smallest absolute Gasteiger partial charge is 0.328 e. The number of rotatable bonds is 7. The molecule has 9 nitrogen and oxygen atoms in total. The number of hydrogen-bond donors (Lipinski definition) is 3. The van der Waals surface area contributed by atoms with Crippen molar-refractivity contribution in [2.45, 2.75) is 24.3 Å². The number of carbonyl (C=O) groups excluding carboxylic acids is 2. The van der Waals surface area contributed by atoms with Crippen LogP contribution in [0, 0.1) is 0 Å². The summed E-state index contributed by atoms with van der Waals surface area (Å²) in [6.07, 6.45) is 1.45. The molecule has 2 rings (SSSR count). The summed E-state index contributed by atoms with van der Waals surface area (Å²) in [6.45, 7) is 1.77. The van der Waals surface area contributed by atoms with Gasteiger partial charge in [0.1, 0.15) is 16.4 Å². The normalized spacial score (nSPS) is 12.1. The van der Waals surface area contributed by atoms with E-state index in [2.05, 4.69) is 10.6 Å². The SMILES string of the molecule is CNC(=O)NS(=O)(=O)c1cc(CC(=O)NC(C)c2ccco2)ccc1OC. The van der Waals surface area contributed by atoms with E-state index in [9.17, 15) is 18.0 Å². The number of ether oxygens (including phenoxy) is 1. The van der Waals surface area contributed by atoms with Gasteiger partial charge in [-0.3, -0.25) is 4.79 Å². The number of amides is 3.